The average Bonchev–Trinajstić information content (AvgIpc) is 3.44. The van der Waals surface area contributed by atoms with Crippen molar-refractivity contribution in [2.45, 2.75) is 36.2 Å². The molecule has 5 rings (SSSR count). The van der Waals surface area contributed by atoms with Crippen LogP contribution in [0.1, 0.15) is 24.0 Å². The van der Waals surface area contributed by atoms with Gasteiger partial charge in [-0.15, -0.1) is 0 Å². The topological polar surface area (TPSA) is 123 Å². The summed E-state index contributed by atoms with van der Waals surface area (Å²) in [6.45, 7) is -0.464. The van der Waals surface area contributed by atoms with Crippen LogP contribution in [0.15, 0.2) is 70.1 Å². The van der Waals surface area contributed by atoms with Gasteiger partial charge in [0.25, 0.3) is 15.9 Å². The molecule has 0 spiro atoms. The van der Waals surface area contributed by atoms with Gasteiger partial charge in [-0.3, -0.25) is 9.10 Å². The van der Waals surface area contributed by atoms with Crippen molar-refractivity contribution in [3.05, 3.63) is 76.8 Å². The summed E-state index contributed by atoms with van der Waals surface area (Å²) in [6.07, 6.45) is -11.1. The highest BCUT2D eigenvalue weighted by Gasteiger charge is 2.38. The Morgan fingerprint density at radius 1 is 1.02 bits per heavy atom. The van der Waals surface area contributed by atoms with Gasteiger partial charge < -0.3 is 14.4 Å². The molecule has 0 bridgehead atoms. The van der Waals surface area contributed by atoms with Crippen LogP contribution >= 0.6 is 11.6 Å². The Hall–Kier alpha value is -4.31. The van der Waals surface area contributed by atoms with Gasteiger partial charge in [-0.05, 0) is 55.0 Å². The van der Waals surface area contributed by atoms with E-state index in [9.17, 15) is 39.6 Å². The maximum atomic E-state index is 13.7. The predicted octanol–water partition coefficient (Wildman–Crippen LogP) is 6.92. The minimum Gasteiger partial charge on any atom is -0.486 e. The van der Waals surface area contributed by atoms with E-state index >= 15 is 0 Å². The molecule has 0 radical (unpaired) electrons. The highest BCUT2D eigenvalue weighted by Crippen LogP contribution is 2.43. The maximum absolute atomic E-state index is 13.7. The molecular weight excluding hydrogens is 644 g/mol. The third-order valence-corrected chi connectivity index (χ3v) is 8.63. The van der Waals surface area contributed by atoms with Gasteiger partial charge in [0.2, 0.25) is 5.82 Å². The van der Waals surface area contributed by atoms with Crippen molar-refractivity contribution >= 4 is 33.3 Å². The first-order chi connectivity index (χ1) is 20.6. The summed E-state index contributed by atoms with van der Waals surface area (Å²) >= 11 is 6.02. The molecule has 1 aromatic heterocycles. The summed E-state index contributed by atoms with van der Waals surface area (Å²) in [4.78, 5) is 14.5. The first kappa shape index (κ1) is 31.1. The molecule has 17 heteroatoms. The van der Waals surface area contributed by atoms with Crippen LogP contribution in [0.5, 0.6) is 5.75 Å². The highest BCUT2D eigenvalue weighted by molar-refractivity contribution is 7.92. The van der Waals surface area contributed by atoms with Crippen molar-refractivity contribution in [1.82, 2.24) is 10.1 Å². The summed E-state index contributed by atoms with van der Waals surface area (Å²) in [5.41, 5.74) is -3.02. The number of alkyl halides is 6. The van der Waals surface area contributed by atoms with Gasteiger partial charge in [0, 0.05) is 12.0 Å². The molecule has 0 amide bonds. The summed E-state index contributed by atoms with van der Waals surface area (Å²) in [6, 6.07) is 9.99. The molecule has 4 aromatic rings. The van der Waals surface area contributed by atoms with Gasteiger partial charge in [-0.1, -0.05) is 28.9 Å². The van der Waals surface area contributed by atoms with Crippen LogP contribution in [0, 0.1) is 0 Å². The SMILES string of the molecule is O=C(O)CCC1CN(S(=O)(=O)c2cccc(C(F)(F)F)c2)c2cc(-c3noc(-c4c(Cl)cccc4C(F)(F)F)n3)ccc2O1. The minimum absolute atomic E-state index is 0.0520. The number of fused-ring (bicyclic) bond motifs is 1. The molecular formula is C27H18ClF6N3O6S. The lowest BCUT2D eigenvalue weighted by atomic mass is 10.1. The van der Waals surface area contributed by atoms with Crippen LogP contribution in [0.3, 0.4) is 0 Å². The zero-order chi connectivity index (χ0) is 32.0. The van der Waals surface area contributed by atoms with E-state index in [1.54, 1.807) is 0 Å². The quantitative estimate of drug-likeness (QED) is 0.212. The lowest BCUT2D eigenvalue weighted by Crippen LogP contribution is -2.43. The Bertz CT molecular complexity index is 1840. The monoisotopic (exact) mass is 661 g/mol. The van der Waals surface area contributed by atoms with Crippen LogP contribution < -0.4 is 9.04 Å². The Balaban J connectivity index is 1.58. The Labute approximate surface area is 249 Å². The van der Waals surface area contributed by atoms with Crippen molar-refractivity contribution in [1.29, 1.82) is 0 Å². The first-order valence-corrected chi connectivity index (χ1v) is 14.3. The number of carboxylic acids is 1. The molecule has 232 valence electrons. The number of halogens is 7. The summed E-state index contributed by atoms with van der Waals surface area (Å²) in [5.74, 6) is -2.07. The number of aliphatic carboxylic acids is 1. The number of carbonyl (C=O) groups is 1. The minimum atomic E-state index is -4.84. The number of hydrogen-bond donors (Lipinski definition) is 1. The molecule has 2 heterocycles. The van der Waals surface area contributed by atoms with Crippen molar-refractivity contribution in [3.63, 3.8) is 0 Å². The normalized spacial score (nSPS) is 15.5. The van der Waals surface area contributed by atoms with E-state index in [1.807, 2.05) is 0 Å². The first-order valence-electron chi connectivity index (χ1n) is 12.5. The second-order valence-corrected chi connectivity index (χ2v) is 11.8. The van der Waals surface area contributed by atoms with E-state index in [1.165, 1.54) is 24.3 Å². The van der Waals surface area contributed by atoms with Crippen molar-refractivity contribution in [3.8, 4) is 28.6 Å². The second-order valence-electron chi connectivity index (χ2n) is 9.50. The lowest BCUT2D eigenvalue weighted by molar-refractivity contribution is -0.138. The predicted molar refractivity (Wildman–Crippen MR) is 142 cm³/mol. The van der Waals surface area contributed by atoms with Crippen LogP contribution in [0.2, 0.25) is 5.02 Å². The molecule has 0 saturated carbocycles. The molecule has 1 unspecified atom stereocenters. The van der Waals surface area contributed by atoms with Gasteiger partial charge >= 0.3 is 18.3 Å². The van der Waals surface area contributed by atoms with Crippen molar-refractivity contribution < 1.29 is 53.9 Å². The number of ether oxygens (including phenoxy) is 1. The van der Waals surface area contributed by atoms with Crippen LogP contribution in [-0.4, -0.2) is 42.3 Å². The maximum Gasteiger partial charge on any atom is 0.417 e. The molecule has 0 fully saturated rings. The van der Waals surface area contributed by atoms with Crippen molar-refractivity contribution in [2.24, 2.45) is 0 Å². The van der Waals surface area contributed by atoms with Crippen LogP contribution in [-0.2, 0) is 27.2 Å². The number of sulfonamides is 1. The summed E-state index contributed by atoms with van der Waals surface area (Å²) < 4.78 is 120. The Morgan fingerprint density at radius 2 is 1.75 bits per heavy atom. The zero-order valence-electron chi connectivity index (χ0n) is 21.9. The number of anilines is 1. The number of benzene rings is 3. The third kappa shape index (κ3) is 6.17. The van der Waals surface area contributed by atoms with Crippen molar-refractivity contribution in [2.75, 3.05) is 10.8 Å². The fraction of sp³-hybridized carbons (Fsp3) is 0.222. The number of carboxylic acid groups (broad SMARTS) is 1. The average molecular weight is 662 g/mol. The van der Waals surface area contributed by atoms with E-state index in [2.05, 4.69) is 10.1 Å². The van der Waals surface area contributed by atoms with Gasteiger partial charge in [0.05, 0.1) is 38.8 Å². The Kier molecular flexibility index (Phi) is 8.01. The Morgan fingerprint density at radius 3 is 2.43 bits per heavy atom. The van der Waals surface area contributed by atoms with E-state index in [0.29, 0.717) is 12.1 Å². The molecule has 0 aliphatic carbocycles. The highest BCUT2D eigenvalue weighted by atomic mass is 35.5. The van der Waals surface area contributed by atoms with E-state index in [0.717, 1.165) is 28.6 Å². The number of nitrogens with zero attached hydrogens (tertiary/aromatic N) is 3. The second kappa shape index (κ2) is 11.3. The fourth-order valence-corrected chi connectivity index (χ4v) is 6.29. The number of rotatable bonds is 7. The molecule has 1 atom stereocenters. The molecule has 9 nitrogen and oxygen atoms in total. The zero-order valence-corrected chi connectivity index (χ0v) is 23.4. The standard InChI is InChI=1S/C27H18ClF6N3O6S/c28-19-6-2-5-18(27(32,33)34)23(19)25-35-24(36-43-25)14-7-9-21-20(11-14)37(13-16(42-21)8-10-22(38)39)44(40,41)17-4-1-3-15(12-17)26(29,30)31/h1-7,9,11-12,16H,8,10,13H2,(H,38,39). The van der Waals surface area contributed by atoms with E-state index < -0.39 is 68.5 Å². The smallest absolute Gasteiger partial charge is 0.417 e. The van der Waals surface area contributed by atoms with Gasteiger partial charge in [0.1, 0.15) is 11.9 Å². The van der Waals surface area contributed by atoms with Gasteiger partial charge in [-0.25, -0.2) is 8.42 Å². The third-order valence-electron chi connectivity index (χ3n) is 6.54. The van der Waals surface area contributed by atoms with E-state index in [4.69, 9.17) is 26.0 Å². The van der Waals surface area contributed by atoms with Crippen LogP contribution in [0.25, 0.3) is 22.8 Å². The van der Waals surface area contributed by atoms with E-state index in [-0.39, 0.29) is 40.7 Å². The number of hydrogen-bond acceptors (Lipinski definition) is 7. The largest absolute Gasteiger partial charge is 0.486 e. The fourth-order valence-electron chi connectivity index (χ4n) is 4.49. The lowest BCUT2D eigenvalue weighted by Gasteiger charge is -2.35. The molecule has 0 saturated heterocycles. The molecule has 1 aliphatic heterocycles. The van der Waals surface area contributed by atoms with Gasteiger partial charge in [0.15, 0.2) is 0 Å². The van der Waals surface area contributed by atoms with Gasteiger partial charge in [-0.2, -0.15) is 31.3 Å². The molecule has 1 aliphatic rings. The molecule has 1 N–H and O–H groups in total. The van der Waals surface area contributed by atoms with Crippen LogP contribution in [0.4, 0.5) is 32.0 Å². The summed E-state index contributed by atoms with van der Waals surface area (Å²) in [7, 11) is -4.69. The molecule has 3 aromatic carbocycles. The summed E-state index contributed by atoms with van der Waals surface area (Å²) in [5, 5.41) is 12.5. The number of aromatic nitrogens is 2. The molecule has 44 heavy (non-hydrogen) atoms.